The lowest BCUT2D eigenvalue weighted by molar-refractivity contribution is 1.18. The predicted octanol–water partition coefficient (Wildman–Crippen LogP) is 8.43. The van der Waals surface area contributed by atoms with Gasteiger partial charge in [0.2, 0.25) is 0 Å². The Kier molecular flexibility index (Phi) is 5.13. The third-order valence-electron chi connectivity index (χ3n) is 4.92. The summed E-state index contributed by atoms with van der Waals surface area (Å²) in [6, 6.07) is 32.2. The van der Waals surface area contributed by atoms with Crippen molar-refractivity contribution in [1.82, 2.24) is 4.57 Å². The molecule has 0 aliphatic carbocycles. The van der Waals surface area contributed by atoms with Gasteiger partial charge in [-0.2, -0.15) is 0 Å². The zero-order valence-corrected chi connectivity index (χ0v) is 18.5. The summed E-state index contributed by atoms with van der Waals surface area (Å²) < 4.78 is 4.54. The fraction of sp³-hybridized carbons (Fsp3) is 0. The molecule has 0 amide bonds. The van der Waals surface area contributed by atoms with Gasteiger partial charge in [0.25, 0.3) is 0 Å². The zero-order valence-electron chi connectivity index (χ0n) is 15.4. The van der Waals surface area contributed by atoms with Crippen LogP contribution < -0.4 is 0 Å². The summed E-state index contributed by atoms with van der Waals surface area (Å²) in [5, 5.41) is 2.48. The highest BCUT2D eigenvalue weighted by Crippen LogP contribution is 2.37. The number of halogens is 2. The van der Waals surface area contributed by atoms with Gasteiger partial charge in [-0.15, -0.1) is 0 Å². The molecule has 3 heteroatoms. The summed E-state index contributed by atoms with van der Waals surface area (Å²) in [6.07, 6.45) is 0. The molecule has 0 bridgehead atoms. The van der Waals surface area contributed by atoms with Gasteiger partial charge in [0.1, 0.15) is 0 Å². The second kappa shape index (κ2) is 7.57. The minimum absolute atomic E-state index is 0. The van der Waals surface area contributed by atoms with E-state index in [1.54, 1.807) is 0 Å². The van der Waals surface area contributed by atoms with Crippen LogP contribution in [0.25, 0.3) is 38.6 Å². The summed E-state index contributed by atoms with van der Waals surface area (Å²) in [7, 11) is 0. The summed E-state index contributed by atoms with van der Waals surface area (Å²) in [6.45, 7) is 0. The Bertz CT molecular complexity index is 1230. The molecule has 0 unspecified atom stereocenters. The fourth-order valence-corrected chi connectivity index (χ4v) is 4.48. The molecule has 1 aromatic heterocycles. The molecular formula is C25H18Br2N-. The number of aromatic nitrogens is 1. The Hall–Kier alpha value is -2.36. The van der Waals surface area contributed by atoms with E-state index < -0.39 is 0 Å². The average molecular weight is 492 g/mol. The van der Waals surface area contributed by atoms with Crippen molar-refractivity contribution in [3.8, 4) is 16.8 Å². The van der Waals surface area contributed by atoms with Crippen molar-refractivity contribution in [1.29, 1.82) is 0 Å². The summed E-state index contributed by atoms with van der Waals surface area (Å²) in [4.78, 5) is 0. The Balaban J connectivity index is 0.00000192. The minimum atomic E-state index is 0. The van der Waals surface area contributed by atoms with Crippen LogP contribution in [0, 0.1) is 7.43 Å². The van der Waals surface area contributed by atoms with E-state index in [-0.39, 0.29) is 7.43 Å². The SMILES string of the molecule is Brc1ccc2c(c1)c1cc(Br)ccc1n2-c1ccccc1-c1ccccc1.[CH3-]. The van der Waals surface area contributed by atoms with E-state index in [0.717, 1.165) is 8.95 Å². The van der Waals surface area contributed by atoms with E-state index in [4.69, 9.17) is 0 Å². The predicted molar refractivity (Wildman–Crippen MR) is 128 cm³/mol. The maximum absolute atomic E-state index is 3.63. The molecule has 0 saturated carbocycles. The van der Waals surface area contributed by atoms with E-state index in [2.05, 4.69) is 127 Å². The third kappa shape index (κ3) is 3.09. The summed E-state index contributed by atoms with van der Waals surface area (Å²) >= 11 is 7.26. The molecule has 1 heterocycles. The quantitative estimate of drug-likeness (QED) is 0.218. The highest BCUT2D eigenvalue weighted by atomic mass is 79.9. The molecule has 1 nitrogen and oxygen atoms in total. The first-order chi connectivity index (χ1) is 13.2. The van der Waals surface area contributed by atoms with E-state index in [0.29, 0.717) is 0 Å². The molecule has 0 N–H and O–H groups in total. The van der Waals surface area contributed by atoms with Gasteiger partial charge >= 0.3 is 0 Å². The molecule has 0 saturated heterocycles. The normalized spacial score (nSPS) is 10.9. The standard InChI is InChI=1S/C24H15Br2N.CH3/c25-17-10-12-23-20(14-17)21-15-18(26)11-13-24(21)27(23)22-9-5-4-8-19(22)16-6-2-1-3-7-16;/h1-15H;1H3/q;-1. The first-order valence-corrected chi connectivity index (χ1v) is 10.3. The number of rotatable bonds is 2. The molecule has 0 radical (unpaired) electrons. The van der Waals surface area contributed by atoms with Crippen molar-refractivity contribution in [2.45, 2.75) is 0 Å². The van der Waals surface area contributed by atoms with Gasteiger partial charge in [-0.05, 0) is 48.0 Å². The number of fused-ring (bicyclic) bond motifs is 3. The minimum Gasteiger partial charge on any atom is -0.358 e. The van der Waals surface area contributed by atoms with Gasteiger partial charge in [0.15, 0.2) is 0 Å². The zero-order chi connectivity index (χ0) is 18.4. The van der Waals surface area contributed by atoms with Gasteiger partial charge < -0.3 is 12.0 Å². The van der Waals surface area contributed by atoms with E-state index in [9.17, 15) is 0 Å². The van der Waals surface area contributed by atoms with Crippen LogP contribution in [0.1, 0.15) is 0 Å². The Morgan fingerprint density at radius 1 is 0.571 bits per heavy atom. The second-order valence-corrected chi connectivity index (χ2v) is 8.37. The Morgan fingerprint density at radius 2 is 1.11 bits per heavy atom. The monoisotopic (exact) mass is 490 g/mol. The van der Waals surface area contributed by atoms with E-state index in [1.165, 1.54) is 38.6 Å². The molecule has 0 aliphatic rings. The summed E-state index contributed by atoms with van der Waals surface area (Å²) in [5.74, 6) is 0. The molecule has 5 rings (SSSR count). The van der Waals surface area contributed by atoms with E-state index in [1.807, 2.05) is 0 Å². The molecule has 5 aromatic rings. The maximum Gasteiger partial charge on any atom is 0.0542 e. The molecule has 28 heavy (non-hydrogen) atoms. The number of benzene rings is 4. The van der Waals surface area contributed by atoms with Crippen molar-refractivity contribution in [2.24, 2.45) is 0 Å². The molecule has 138 valence electrons. The summed E-state index contributed by atoms with van der Waals surface area (Å²) in [5.41, 5.74) is 6.04. The molecule has 0 aliphatic heterocycles. The largest absolute Gasteiger partial charge is 0.358 e. The number of hydrogen-bond acceptors (Lipinski definition) is 0. The first-order valence-electron chi connectivity index (χ1n) is 8.76. The average Bonchev–Trinajstić information content (AvgIpc) is 3.01. The van der Waals surface area contributed by atoms with Crippen LogP contribution in [0.15, 0.2) is 99.9 Å². The number of hydrogen-bond donors (Lipinski definition) is 0. The molecule has 0 atom stereocenters. The lowest BCUT2D eigenvalue weighted by Crippen LogP contribution is -1.96. The van der Waals surface area contributed by atoms with Gasteiger partial charge in [0, 0.05) is 25.3 Å². The Morgan fingerprint density at radius 3 is 1.71 bits per heavy atom. The van der Waals surface area contributed by atoms with Crippen LogP contribution in [0.2, 0.25) is 0 Å². The maximum atomic E-state index is 3.63. The van der Waals surface area contributed by atoms with Crippen molar-refractivity contribution < 1.29 is 0 Å². The van der Waals surface area contributed by atoms with Crippen molar-refractivity contribution >= 4 is 53.7 Å². The number of para-hydroxylation sites is 1. The lowest BCUT2D eigenvalue weighted by atomic mass is 10.0. The third-order valence-corrected chi connectivity index (χ3v) is 5.91. The highest BCUT2D eigenvalue weighted by molar-refractivity contribution is 9.10. The fourth-order valence-electron chi connectivity index (χ4n) is 3.76. The van der Waals surface area contributed by atoms with Crippen LogP contribution >= 0.6 is 31.9 Å². The van der Waals surface area contributed by atoms with E-state index >= 15 is 0 Å². The molecule has 4 aromatic carbocycles. The van der Waals surface area contributed by atoms with Crippen molar-refractivity contribution in [3.63, 3.8) is 0 Å². The van der Waals surface area contributed by atoms with Gasteiger partial charge in [-0.1, -0.05) is 80.4 Å². The lowest BCUT2D eigenvalue weighted by Gasteiger charge is -2.14. The van der Waals surface area contributed by atoms with Crippen molar-refractivity contribution in [3.05, 3.63) is 107 Å². The van der Waals surface area contributed by atoms with Gasteiger partial charge in [-0.25, -0.2) is 0 Å². The van der Waals surface area contributed by atoms with Gasteiger partial charge in [0.05, 0.1) is 16.7 Å². The smallest absolute Gasteiger partial charge is 0.0542 e. The van der Waals surface area contributed by atoms with Crippen LogP contribution in [0.3, 0.4) is 0 Å². The number of nitrogens with zero attached hydrogens (tertiary/aromatic N) is 1. The van der Waals surface area contributed by atoms with Crippen LogP contribution in [-0.4, -0.2) is 4.57 Å². The van der Waals surface area contributed by atoms with Crippen LogP contribution in [0.4, 0.5) is 0 Å². The van der Waals surface area contributed by atoms with Crippen molar-refractivity contribution in [2.75, 3.05) is 0 Å². The molecular weight excluding hydrogens is 474 g/mol. The van der Waals surface area contributed by atoms with Crippen LogP contribution in [0.5, 0.6) is 0 Å². The Labute approximate surface area is 181 Å². The molecule has 0 fully saturated rings. The highest BCUT2D eigenvalue weighted by Gasteiger charge is 2.15. The molecule has 0 spiro atoms. The van der Waals surface area contributed by atoms with Crippen LogP contribution in [-0.2, 0) is 0 Å². The topological polar surface area (TPSA) is 4.93 Å². The first kappa shape index (κ1) is 19.0. The van der Waals surface area contributed by atoms with Gasteiger partial charge in [-0.3, -0.25) is 0 Å². The second-order valence-electron chi connectivity index (χ2n) is 6.54.